The summed E-state index contributed by atoms with van der Waals surface area (Å²) >= 11 is 0. The summed E-state index contributed by atoms with van der Waals surface area (Å²) < 4.78 is 26.2. The van der Waals surface area contributed by atoms with Crippen molar-refractivity contribution in [2.75, 3.05) is 39.3 Å². The van der Waals surface area contributed by atoms with Crippen LogP contribution < -0.4 is 0 Å². The predicted octanol–water partition coefficient (Wildman–Crippen LogP) is 4.38. The Morgan fingerprint density at radius 2 is 1.00 bits per heavy atom. The van der Waals surface area contributed by atoms with Gasteiger partial charge in [0.25, 0.3) is 0 Å². The SMILES string of the molecule is OC(CN1CCC(c2ccc(F)cc2)CC1)CN1CCC(c2ccc(F)cc2)CC1. The van der Waals surface area contributed by atoms with Crippen LogP contribution in [0.3, 0.4) is 0 Å². The maximum atomic E-state index is 13.1. The summed E-state index contributed by atoms with van der Waals surface area (Å²) in [4.78, 5) is 4.71. The van der Waals surface area contributed by atoms with Crippen molar-refractivity contribution in [1.82, 2.24) is 9.80 Å². The van der Waals surface area contributed by atoms with E-state index < -0.39 is 0 Å². The van der Waals surface area contributed by atoms with E-state index in [0.29, 0.717) is 24.9 Å². The van der Waals surface area contributed by atoms with Crippen LogP contribution in [-0.2, 0) is 0 Å². The molecule has 162 valence electrons. The maximum absolute atomic E-state index is 13.1. The first-order chi connectivity index (χ1) is 14.6. The van der Waals surface area contributed by atoms with E-state index in [0.717, 1.165) is 51.9 Å². The average Bonchev–Trinajstić information content (AvgIpc) is 2.76. The van der Waals surface area contributed by atoms with Crippen LogP contribution >= 0.6 is 0 Å². The average molecular weight is 415 g/mol. The van der Waals surface area contributed by atoms with Gasteiger partial charge in [0, 0.05) is 13.1 Å². The van der Waals surface area contributed by atoms with Crippen LogP contribution in [-0.4, -0.2) is 60.3 Å². The van der Waals surface area contributed by atoms with Gasteiger partial charge in [-0.05, 0) is 99.1 Å². The number of hydrogen-bond donors (Lipinski definition) is 1. The molecular weight excluding hydrogens is 382 g/mol. The quantitative estimate of drug-likeness (QED) is 0.760. The molecule has 2 fully saturated rings. The first-order valence-electron chi connectivity index (χ1n) is 11.2. The molecule has 2 heterocycles. The third-order valence-electron chi connectivity index (χ3n) is 6.80. The van der Waals surface area contributed by atoms with E-state index in [2.05, 4.69) is 9.80 Å². The van der Waals surface area contributed by atoms with E-state index in [1.54, 1.807) is 24.3 Å². The second-order valence-corrected chi connectivity index (χ2v) is 8.91. The molecule has 0 atom stereocenters. The molecule has 0 aromatic heterocycles. The number of piperidine rings is 2. The van der Waals surface area contributed by atoms with Crippen molar-refractivity contribution >= 4 is 0 Å². The van der Waals surface area contributed by atoms with E-state index in [1.165, 1.54) is 11.1 Å². The van der Waals surface area contributed by atoms with Gasteiger partial charge in [-0.25, -0.2) is 8.78 Å². The van der Waals surface area contributed by atoms with Crippen molar-refractivity contribution in [2.24, 2.45) is 0 Å². The second-order valence-electron chi connectivity index (χ2n) is 8.91. The van der Waals surface area contributed by atoms with Crippen LogP contribution in [0.1, 0.15) is 48.6 Å². The zero-order valence-electron chi connectivity index (χ0n) is 17.5. The number of benzene rings is 2. The van der Waals surface area contributed by atoms with Crippen molar-refractivity contribution in [3.63, 3.8) is 0 Å². The molecule has 3 nitrogen and oxygen atoms in total. The van der Waals surface area contributed by atoms with Gasteiger partial charge in [0.1, 0.15) is 11.6 Å². The Bertz CT molecular complexity index is 712. The number of hydrogen-bond acceptors (Lipinski definition) is 3. The lowest BCUT2D eigenvalue weighted by molar-refractivity contribution is 0.0568. The number of halogens is 2. The minimum Gasteiger partial charge on any atom is -0.390 e. The first kappa shape index (κ1) is 21.4. The molecule has 5 heteroatoms. The number of rotatable bonds is 6. The standard InChI is InChI=1S/C25H32F2N2O/c26-23-5-1-19(2-6-23)21-9-13-28(14-10-21)17-25(30)18-29-15-11-22(12-16-29)20-3-7-24(27)8-4-20/h1-8,21-22,25,30H,9-18H2. The largest absolute Gasteiger partial charge is 0.390 e. The fraction of sp³-hybridized carbons (Fsp3) is 0.520. The van der Waals surface area contributed by atoms with Gasteiger partial charge in [0.2, 0.25) is 0 Å². The lowest BCUT2D eigenvalue weighted by Crippen LogP contribution is -2.44. The molecule has 0 saturated carbocycles. The maximum Gasteiger partial charge on any atom is 0.123 e. The summed E-state index contributed by atoms with van der Waals surface area (Å²) in [6.45, 7) is 5.34. The molecule has 0 radical (unpaired) electrons. The molecule has 2 aliphatic heterocycles. The van der Waals surface area contributed by atoms with Crippen molar-refractivity contribution in [3.05, 3.63) is 71.3 Å². The van der Waals surface area contributed by atoms with Crippen molar-refractivity contribution in [1.29, 1.82) is 0 Å². The highest BCUT2D eigenvalue weighted by molar-refractivity contribution is 5.22. The number of likely N-dealkylation sites (tertiary alicyclic amines) is 2. The van der Waals surface area contributed by atoms with Crippen LogP contribution in [0.2, 0.25) is 0 Å². The van der Waals surface area contributed by atoms with Crippen LogP contribution in [0.25, 0.3) is 0 Å². The lowest BCUT2D eigenvalue weighted by Gasteiger charge is -2.36. The number of aliphatic hydroxyl groups is 1. The summed E-state index contributed by atoms with van der Waals surface area (Å²) in [5.41, 5.74) is 2.45. The van der Waals surface area contributed by atoms with Crippen LogP contribution in [0, 0.1) is 11.6 Å². The monoisotopic (exact) mass is 414 g/mol. The van der Waals surface area contributed by atoms with Gasteiger partial charge < -0.3 is 14.9 Å². The summed E-state index contributed by atoms with van der Waals surface area (Å²) in [7, 11) is 0. The summed E-state index contributed by atoms with van der Waals surface area (Å²) in [6.07, 6.45) is 3.89. The Morgan fingerprint density at radius 3 is 1.33 bits per heavy atom. The van der Waals surface area contributed by atoms with Crippen molar-refractivity contribution in [2.45, 2.75) is 43.6 Å². The fourth-order valence-electron chi connectivity index (χ4n) is 5.02. The molecule has 2 aromatic carbocycles. The van der Waals surface area contributed by atoms with Gasteiger partial charge in [0.05, 0.1) is 6.10 Å². The van der Waals surface area contributed by atoms with E-state index in [-0.39, 0.29) is 17.7 Å². The molecule has 0 amide bonds. The van der Waals surface area contributed by atoms with Crippen LogP contribution in [0.15, 0.2) is 48.5 Å². The molecule has 0 aliphatic carbocycles. The summed E-state index contributed by atoms with van der Waals surface area (Å²) in [5.74, 6) is 0.621. The topological polar surface area (TPSA) is 26.7 Å². The molecule has 0 bridgehead atoms. The first-order valence-corrected chi connectivity index (χ1v) is 11.2. The molecule has 4 rings (SSSR count). The number of nitrogens with zero attached hydrogens (tertiary/aromatic N) is 2. The number of aliphatic hydroxyl groups excluding tert-OH is 1. The van der Waals surface area contributed by atoms with Gasteiger partial charge in [-0.1, -0.05) is 24.3 Å². The molecule has 1 N–H and O–H groups in total. The van der Waals surface area contributed by atoms with E-state index in [9.17, 15) is 13.9 Å². The normalized spacial score (nSPS) is 20.1. The van der Waals surface area contributed by atoms with Crippen LogP contribution in [0.5, 0.6) is 0 Å². The summed E-state index contributed by atoms with van der Waals surface area (Å²) in [5, 5.41) is 10.6. The van der Waals surface area contributed by atoms with Crippen molar-refractivity contribution < 1.29 is 13.9 Å². The van der Waals surface area contributed by atoms with Gasteiger partial charge in [-0.15, -0.1) is 0 Å². The van der Waals surface area contributed by atoms with Gasteiger partial charge >= 0.3 is 0 Å². The predicted molar refractivity (Wildman–Crippen MR) is 116 cm³/mol. The fourth-order valence-corrected chi connectivity index (χ4v) is 5.02. The zero-order valence-corrected chi connectivity index (χ0v) is 17.5. The molecule has 2 aliphatic rings. The van der Waals surface area contributed by atoms with E-state index in [4.69, 9.17) is 0 Å². The minimum absolute atomic E-state index is 0.180. The smallest absolute Gasteiger partial charge is 0.123 e. The molecular formula is C25H32F2N2O. The van der Waals surface area contributed by atoms with Crippen LogP contribution in [0.4, 0.5) is 8.78 Å². The zero-order chi connectivity index (χ0) is 20.9. The Morgan fingerprint density at radius 1 is 0.667 bits per heavy atom. The highest BCUT2D eigenvalue weighted by atomic mass is 19.1. The van der Waals surface area contributed by atoms with E-state index in [1.807, 2.05) is 24.3 Å². The molecule has 2 aromatic rings. The Hall–Kier alpha value is -1.82. The Balaban J connectivity index is 1.17. The minimum atomic E-state index is -0.338. The van der Waals surface area contributed by atoms with Gasteiger partial charge in [-0.2, -0.15) is 0 Å². The Kier molecular flexibility index (Phi) is 7.13. The second kappa shape index (κ2) is 9.99. The summed E-state index contributed by atoms with van der Waals surface area (Å²) in [6, 6.07) is 13.8. The third-order valence-corrected chi connectivity index (χ3v) is 6.80. The highest BCUT2D eigenvalue weighted by Gasteiger charge is 2.25. The third kappa shape index (κ3) is 5.65. The molecule has 0 unspecified atom stereocenters. The molecule has 2 saturated heterocycles. The number of β-amino-alcohol motifs (C(OH)–C–C–N with tert-alkyl or cyclic N) is 1. The van der Waals surface area contributed by atoms with Gasteiger partial charge in [-0.3, -0.25) is 0 Å². The highest BCUT2D eigenvalue weighted by Crippen LogP contribution is 2.29. The molecule has 30 heavy (non-hydrogen) atoms. The van der Waals surface area contributed by atoms with E-state index >= 15 is 0 Å². The Labute approximate surface area is 178 Å². The lowest BCUT2D eigenvalue weighted by atomic mass is 9.89. The van der Waals surface area contributed by atoms with Crippen molar-refractivity contribution in [3.8, 4) is 0 Å². The molecule has 0 spiro atoms. The van der Waals surface area contributed by atoms with Gasteiger partial charge in [0.15, 0.2) is 0 Å².